The highest BCUT2D eigenvalue weighted by Gasteiger charge is 2.31. The number of amides is 1. The van der Waals surface area contributed by atoms with Crippen LogP contribution in [0.25, 0.3) is 6.08 Å². The molecule has 1 aliphatic rings. The molecule has 0 saturated carbocycles. The summed E-state index contributed by atoms with van der Waals surface area (Å²) < 4.78 is 25.6. The van der Waals surface area contributed by atoms with Gasteiger partial charge in [-0.25, -0.2) is 4.39 Å². The quantitative estimate of drug-likeness (QED) is 0.400. The zero-order chi connectivity index (χ0) is 21.0. The van der Waals surface area contributed by atoms with E-state index in [1.807, 2.05) is 6.92 Å². The summed E-state index contributed by atoms with van der Waals surface area (Å²) >= 11 is 12.6. The molecule has 0 unspecified atom stereocenters. The smallest absolute Gasteiger partial charge is 0.266 e. The highest BCUT2D eigenvalue weighted by Crippen LogP contribution is 2.35. The molecular formula is C21H19ClFNO3S2. The number of thiocarbonyl (C=S) groups is 1. The predicted octanol–water partition coefficient (Wildman–Crippen LogP) is 5.68. The van der Waals surface area contributed by atoms with E-state index < -0.39 is 5.82 Å². The molecule has 0 bridgehead atoms. The Balaban J connectivity index is 1.79. The average molecular weight is 452 g/mol. The number of methoxy groups -OCH3 is 1. The van der Waals surface area contributed by atoms with Gasteiger partial charge in [-0.15, -0.1) is 0 Å². The molecule has 1 amide bonds. The zero-order valence-electron chi connectivity index (χ0n) is 15.9. The Morgan fingerprint density at radius 3 is 2.76 bits per heavy atom. The van der Waals surface area contributed by atoms with Crippen LogP contribution in [0.5, 0.6) is 11.5 Å². The van der Waals surface area contributed by atoms with Crippen molar-refractivity contribution in [2.45, 2.75) is 20.0 Å². The summed E-state index contributed by atoms with van der Waals surface area (Å²) in [5, 5.41) is 0.301. The Hall–Kier alpha value is -2.09. The van der Waals surface area contributed by atoms with Crippen molar-refractivity contribution in [2.75, 3.05) is 13.7 Å². The van der Waals surface area contributed by atoms with Crippen molar-refractivity contribution in [3.63, 3.8) is 0 Å². The van der Waals surface area contributed by atoms with Gasteiger partial charge in [0.05, 0.1) is 17.0 Å². The summed E-state index contributed by atoms with van der Waals surface area (Å²) in [7, 11) is 1.52. The van der Waals surface area contributed by atoms with Gasteiger partial charge < -0.3 is 9.47 Å². The SMILES string of the molecule is CCCN1C(=O)/C(=C\c2ccc(OCc3c(F)cccc3Cl)c(OC)c2)SC1=S. The molecule has 0 aromatic heterocycles. The molecule has 0 N–H and O–H groups in total. The minimum Gasteiger partial charge on any atom is -0.493 e. The minimum absolute atomic E-state index is 0.0309. The number of benzene rings is 2. The van der Waals surface area contributed by atoms with Crippen LogP contribution < -0.4 is 9.47 Å². The number of hydrogen-bond donors (Lipinski definition) is 0. The van der Waals surface area contributed by atoms with Crippen LogP contribution in [0, 0.1) is 5.82 Å². The Bertz CT molecular complexity index is 960. The van der Waals surface area contributed by atoms with Gasteiger partial charge in [-0.05, 0) is 42.3 Å². The van der Waals surface area contributed by atoms with E-state index >= 15 is 0 Å². The third-order valence-corrected chi connectivity index (χ3v) is 5.97. The van der Waals surface area contributed by atoms with Crippen molar-refractivity contribution >= 4 is 51.9 Å². The monoisotopic (exact) mass is 451 g/mol. The highest BCUT2D eigenvalue weighted by molar-refractivity contribution is 8.26. The van der Waals surface area contributed by atoms with Crippen LogP contribution in [0.2, 0.25) is 5.02 Å². The summed E-state index contributed by atoms with van der Waals surface area (Å²) in [6.45, 7) is 2.58. The second-order valence-corrected chi connectivity index (χ2v) is 8.32. The maximum Gasteiger partial charge on any atom is 0.266 e. The molecule has 1 fully saturated rings. The molecule has 8 heteroatoms. The maximum atomic E-state index is 13.9. The Morgan fingerprint density at radius 2 is 2.07 bits per heavy atom. The van der Waals surface area contributed by atoms with Crippen LogP contribution in [0.15, 0.2) is 41.3 Å². The molecular weight excluding hydrogens is 433 g/mol. The number of rotatable bonds is 7. The van der Waals surface area contributed by atoms with Crippen molar-refractivity contribution in [1.29, 1.82) is 0 Å². The molecule has 0 spiro atoms. The lowest BCUT2D eigenvalue weighted by Crippen LogP contribution is -2.28. The molecule has 1 heterocycles. The first-order chi connectivity index (χ1) is 13.9. The van der Waals surface area contributed by atoms with Gasteiger partial charge in [-0.2, -0.15) is 0 Å². The molecule has 1 aliphatic heterocycles. The van der Waals surface area contributed by atoms with Gasteiger partial charge >= 0.3 is 0 Å². The summed E-state index contributed by atoms with van der Waals surface area (Å²) in [6.07, 6.45) is 2.61. The van der Waals surface area contributed by atoms with Crippen LogP contribution in [0.4, 0.5) is 4.39 Å². The number of thioether (sulfide) groups is 1. The Morgan fingerprint density at radius 1 is 1.28 bits per heavy atom. The lowest BCUT2D eigenvalue weighted by molar-refractivity contribution is -0.122. The zero-order valence-corrected chi connectivity index (χ0v) is 18.3. The first-order valence-electron chi connectivity index (χ1n) is 8.93. The number of ether oxygens (including phenoxy) is 2. The molecule has 3 rings (SSSR count). The van der Waals surface area contributed by atoms with Crippen molar-refractivity contribution in [2.24, 2.45) is 0 Å². The van der Waals surface area contributed by atoms with E-state index in [0.29, 0.717) is 32.3 Å². The molecule has 0 aliphatic carbocycles. The van der Waals surface area contributed by atoms with E-state index in [1.165, 1.54) is 24.9 Å². The van der Waals surface area contributed by atoms with Gasteiger partial charge in [-0.1, -0.05) is 54.6 Å². The average Bonchev–Trinajstić information content (AvgIpc) is 2.96. The number of carbonyl (C=O) groups excluding carboxylic acids is 1. The number of nitrogens with zero attached hydrogens (tertiary/aromatic N) is 1. The first kappa shape index (κ1) is 21.6. The topological polar surface area (TPSA) is 38.8 Å². The minimum atomic E-state index is -0.429. The van der Waals surface area contributed by atoms with E-state index in [4.69, 9.17) is 33.3 Å². The fourth-order valence-corrected chi connectivity index (χ4v) is 4.31. The van der Waals surface area contributed by atoms with E-state index in [1.54, 1.807) is 41.3 Å². The van der Waals surface area contributed by atoms with E-state index in [-0.39, 0.29) is 18.1 Å². The van der Waals surface area contributed by atoms with Crippen LogP contribution in [-0.2, 0) is 11.4 Å². The van der Waals surface area contributed by atoms with Gasteiger partial charge in [0.2, 0.25) is 0 Å². The fourth-order valence-electron chi connectivity index (χ4n) is 2.78. The van der Waals surface area contributed by atoms with Crippen molar-refractivity contribution in [1.82, 2.24) is 4.90 Å². The first-order valence-corrected chi connectivity index (χ1v) is 10.5. The Labute approximate surface area is 183 Å². The predicted molar refractivity (Wildman–Crippen MR) is 119 cm³/mol. The second kappa shape index (κ2) is 9.61. The van der Waals surface area contributed by atoms with Gasteiger partial charge in [0.25, 0.3) is 5.91 Å². The lowest BCUT2D eigenvalue weighted by atomic mass is 10.1. The van der Waals surface area contributed by atoms with E-state index in [0.717, 1.165) is 12.0 Å². The number of carbonyl (C=O) groups is 1. The molecule has 0 radical (unpaired) electrons. The number of hydrogen-bond acceptors (Lipinski definition) is 5. The van der Waals surface area contributed by atoms with E-state index in [9.17, 15) is 9.18 Å². The number of halogens is 2. The standard InChI is InChI=1S/C21H19ClFNO3S2/c1-3-9-24-20(25)19(29-21(24)28)11-13-7-8-17(18(10-13)26-2)27-12-14-15(22)5-4-6-16(14)23/h4-8,10-11H,3,9,12H2,1-2H3/b19-11+. The maximum absolute atomic E-state index is 13.9. The van der Waals surface area contributed by atoms with Gasteiger partial charge in [0, 0.05) is 12.1 Å². The fraction of sp³-hybridized carbons (Fsp3) is 0.238. The second-order valence-electron chi connectivity index (χ2n) is 6.23. The molecule has 29 heavy (non-hydrogen) atoms. The third-order valence-electron chi connectivity index (χ3n) is 4.24. The summed E-state index contributed by atoms with van der Waals surface area (Å²) in [5.74, 6) is 0.398. The van der Waals surface area contributed by atoms with Crippen molar-refractivity contribution < 1.29 is 18.7 Å². The van der Waals surface area contributed by atoms with E-state index in [2.05, 4.69) is 0 Å². The molecule has 2 aromatic rings. The summed E-state index contributed by atoms with van der Waals surface area (Å²) in [5.41, 5.74) is 1.05. The van der Waals surface area contributed by atoms with Crippen LogP contribution in [0.1, 0.15) is 24.5 Å². The molecule has 2 aromatic carbocycles. The third kappa shape index (κ3) is 4.91. The molecule has 4 nitrogen and oxygen atoms in total. The van der Waals surface area contributed by atoms with Crippen molar-refractivity contribution in [3.8, 4) is 11.5 Å². The van der Waals surface area contributed by atoms with Gasteiger partial charge in [-0.3, -0.25) is 9.69 Å². The normalized spacial score (nSPS) is 15.3. The highest BCUT2D eigenvalue weighted by atomic mass is 35.5. The van der Waals surface area contributed by atoms with Crippen LogP contribution in [-0.4, -0.2) is 28.8 Å². The lowest BCUT2D eigenvalue weighted by Gasteiger charge is -2.13. The molecule has 0 atom stereocenters. The molecule has 152 valence electrons. The Kier molecular flexibility index (Phi) is 7.16. The van der Waals surface area contributed by atoms with Crippen LogP contribution in [0.3, 0.4) is 0 Å². The van der Waals surface area contributed by atoms with Gasteiger partial charge in [0.1, 0.15) is 16.7 Å². The summed E-state index contributed by atoms with van der Waals surface area (Å²) in [4.78, 5) is 14.7. The largest absolute Gasteiger partial charge is 0.493 e. The summed E-state index contributed by atoms with van der Waals surface area (Å²) in [6, 6.07) is 9.75. The molecule has 1 saturated heterocycles. The van der Waals surface area contributed by atoms with Crippen LogP contribution >= 0.6 is 35.6 Å². The van der Waals surface area contributed by atoms with Gasteiger partial charge in [0.15, 0.2) is 11.5 Å². The van der Waals surface area contributed by atoms with Crippen molar-refractivity contribution in [3.05, 3.63) is 63.3 Å².